The van der Waals surface area contributed by atoms with E-state index in [0.29, 0.717) is 32.1 Å². The van der Waals surface area contributed by atoms with Crippen LogP contribution < -0.4 is 10.6 Å². The van der Waals surface area contributed by atoms with Gasteiger partial charge in [-0.2, -0.15) is 0 Å². The Morgan fingerprint density at radius 3 is 3.00 bits per heavy atom. The molecule has 3 heterocycles. The van der Waals surface area contributed by atoms with Gasteiger partial charge in [0.1, 0.15) is 11.8 Å². The standard InChI is InChI=1S/C17H17N3O3S.ClH/c21-16(13-10-22-8-7-18-13)19-9-11-5-6-14(23-11)17-20-12-3-1-2-4-15(12)24-17;/h1-6,13,18H,7-10H2,(H,19,21);1H. The van der Waals surface area contributed by atoms with Crippen molar-refractivity contribution in [3.05, 3.63) is 42.2 Å². The molecule has 2 N–H and O–H groups in total. The van der Waals surface area contributed by atoms with Crippen LogP contribution in [-0.4, -0.2) is 36.7 Å². The Balaban J connectivity index is 0.00000182. The van der Waals surface area contributed by atoms with Crippen molar-refractivity contribution in [2.24, 2.45) is 0 Å². The highest BCUT2D eigenvalue weighted by molar-refractivity contribution is 7.21. The smallest absolute Gasteiger partial charge is 0.239 e. The number of hydrogen-bond donors (Lipinski definition) is 2. The molecule has 0 radical (unpaired) electrons. The van der Waals surface area contributed by atoms with E-state index in [1.54, 1.807) is 11.3 Å². The van der Waals surface area contributed by atoms with Gasteiger partial charge in [0, 0.05) is 6.54 Å². The third kappa shape index (κ3) is 4.01. The van der Waals surface area contributed by atoms with Crippen molar-refractivity contribution in [2.75, 3.05) is 19.8 Å². The summed E-state index contributed by atoms with van der Waals surface area (Å²) in [6.45, 7) is 2.09. The first kappa shape index (κ1) is 17.9. The highest BCUT2D eigenvalue weighted by Crippen LogP contribution is 2.31. The van der Waals surface area contributed by atoms with Gasteiger partial charge in [-0.3, -0.25) is 4.79 Å². The summed E-state index contributed by atoms with van der Waals surface area (Å²) in [6.07, 6.45) is 0. The molecule has 2 aromatic heterocycles. The first-order valence-electron chi connectivity index (χ1n) is 7.83. The lowest BCUT2D eigenvalue weighted by Gasteiger charge is -2.22. The number of rotatable bonds is 4. The summed E-state index contributed by atoms with van der Waals surface area (Å²) in [6, 6.07) is 11.5. The molecule has 0 aliphatic carbocycles. The molecule has 0 bridgehead atoms. The summed E-state index contributed by atoms with van der Waals surface area (Å²) in [4.78, 5) is 16.6. The minimum absolute atomic E-state index is 0. The fourth-order valence-electron chi connectivity index (χ4n) is 2.60. The summed E-state index contributed by atoms with van der Waals surface area (Å²) in [7, 11) is 0. The lowest BCUT2D eigenvalue weighted by atomic mass is 10.2. The van der Waals surface area contributed by atoms with Crippen molar-refractivity contribution >= 4 is 39.9 Å². The SMILES string of the molecule is Cl.O=C(NCc1ccc(-c2nc3ccccc3s2)o1)C1COCCN1. The number of aromatic nitrogens is 1. The van der Waals surface area contributed by atoms with Gasteiger partial charge in [-0.05, 0) is 24.3 Å². The van der Waals surface area contributed by atoms with Gasteiger partial charge in [-0.1, -0.05) is 12.1 Å². The molecule has 1 aliphatic rings. The van der Waals surface area contributed by atoms with Crippen LogP contribution in [0.15, 0.2) is 40.8 Å². The second-order valence-electron chi connectivity index (χ2n) is 5.55. The zero-order valence-corrected chi connectivity index (χ0v) is 15.0. The molecule has 1 fully saturated rings. The topological polar surface area (TPSA) is 76.4 Å². The molecule has 6 nitrogen and oxygen atoms in total. The van der Waals surface area contributed by atoms with Gasteiger partial charge in [-0.25, -0.2) is 4.98 Å². The van der Waals surface area contributed by atoms with Crippen molar-refractivity contribution in [2.45, 2.75) is 12.6 Å². The fraction of sp³-hybridized carbons (Fsp3) is 0.294. The van der Waals surface area contributed by atoms with Crippen molar-refractivity contribution < 1.29 is 13.9 Å². The monoisotopic (exact) mass is 379 g/mol. The molecule has 1 aliphatic heterocycles. The van der Waals surface area contributed by atoms with E-state index >= 15 is 0 Å². The maximum atomic E-state index is 12.1. The Morgan fingerprint density at radius 1 is 1.32 bits per heavy atom. The van der Waals surface area contributed by atoms with Crippen LogP contribution in [0.3, 0.4) is 0 Å². The van der Waals surface area contributed by atoms with Gasteiger partial charge in [0.15, 0.2) is 10.8 Å². The Morgan fingerprint density at radius 2 is 2.20 bits per heavy atom. The van der Waals surface area contributed by atoms with Crippen LogP contribution in [0.25, 0.3) is 21.0 Å². The van der Waals surface area contributed by atoms with E-state index in [1.165, 1.54) is 0 Å². The minimum atomic E-state index is -0.294. The second kappa shape index (κ2) is 7.97. The first-order chi connectivity index (χ1) is 11.8. The Hall–Kier alpha value is -1.93. The number of benzene rings is 1. The summed E-state index contributed by atoms with van der Waals surface area (Å²) < 4.78 is 12.2. The number of furan rings is 1. The fourth-order valence-corrected chi connectivity index (χ4v) is 3.52. The number of ether oxygens (including phenoxy) is 1. The van der Waals surface area contributed by atoms with Crippen molar-refractivity contribution in [3.8, 4) is 10.8 Å². The molecule has 1 unspecified atom stereocenters. The highest BCUT2D eigenvalue weighted by atomic mass is 35.5. The average molecular weight is 380 g/mol. The number of thiazole rings is 1. The number of fused-ring (bicyclic) bond motifs is 1. The average Bonchev–Trinajstić information content (AvgIpc) is 3.27. The predicted molar refractivity (Wildman–Crippen MR) is 99.0 cm³/mol. The van der Waals surface area contributed by atoms with E-state index in [0.717, 1.165) is 21.0 Å². The summed E-state index contributed by atoms with van der Waals surface area (Å²) >= 11 is 1.59. The van der Waals surface area contributed by atoms with Crippen LogP contribution in [0.2, 0.25) is 0 Å². The maximum Gasteiger partial charge on any atom is 0.239 e. The van der Waals surface area contributed by atoms with Crippen LogP contribution in [0.5, 0.6) is 0 Å². The summed E-state index contributed by atoms with van der Waals surface area (Å²) in [5.41, 5.74) is 0.965. The van der Waals surface area contributed by atoms with E-state index in [-0.39, 0.29) is 24.4 Å². The molecule has 1 atom stereocenters. The number of para-hydroxylation sites is 1. The number of hydrogen-bond acceptors (Lipinski definition) is 6. The summed E-state index contributed by atoms with van der Waals surface area (Å²) in [5.74, 6) is 1.35. The Bertz CT molecular complexity index is 825. The Kier molecular flexibility index (Phi) is 5.70. The molecule has 1 amide bonds. The number of amides is 1. The van der Waals surface area contributed by atoms with Crippen LogP contribution in [-0.2, 0) is 16.1 Å². The lowest BCUT2D eigenvalue weighted by molar-refractivity contribution is -0.126. The number of carbonyl (C=O) groups is 1. The van der Waals surface area contributed by atoms with E-state index in [9.17, 15) is 4.79 Å². The molecule has 1 saturated heterocycles. The highest BCUT2D eigenvalue weighted by Gasteiger charge is 2.21. The molecule has 0 saturated carbocycles. The van der Waals surface area contributed by atoms with E-state index < -0.39 is 0 Å². The molecule has 0 spiro atoms. The van der Waals surface area contributed by atoms with Crippen molar-refractivity contribution in [3.63, 3.8) is 0 Å². The van der Waals surface area contributed by atoms with Crippen molar-refractivity contribution in [1.29, 1.82) is 0 Å². The largest absolute Gasteiger partial charge is 0.457 e. The molecule has 4 rings (SSSR count). The number of nitrogens with one attached hydrogen (secondary N) is 2. The molecule has 25 heavy (non-hydrogen) atoms. The molecule has 132 valence electrons. The van der Waals surface area contributed by atoms with Crippen LogP contribution in [0.4, 0.5) is 0 Å². The number of halogens is 1. The zero-order valence-electron chi connectivity index (χ0n) is 13.4. The number of carbonyl (C=O) groups excluding carboxylic acids is 1. The molecular formula is C17H18ClN3O3S. The number of morpholine rings is 1. The maximum absolute atomic E-state index is 12.1. The molecule has 8 heteroatoms. The van der Waals surface area contributed by atoms with Gasteiger partial charge in [0.05, 0.1) is 30.0 Å². The normalized spacial score (nSPS) is 17.2. The minimum Gasteiger partial charge on any atom is -0.457 e. The van der Waals surface area contributed by atoms with Crippen LogP contribution >= 0.6 is 23.7 Å². The number of nitrogens with zero attached hydrogens (tertiary/aromatic N) is 1. The molecule has 1 aromatic carbocycles. The summed E-state index contributed by atoms with van der Waals surface area (Å²) in [5, 5.41) is 6.84. The molecular weight excluding hydrogens is 362 g/mol. The van der Waals surface area contributed by atoms with Gasteiger partial charge < -0.3 is 19.8 Å². The second-order valence-corrected chi connectivity index (χ2v) is 6.58. The third-order valence-corrected chi connectivity index (χ3v) is 4.89. The van der Waals surface area contributed by atoms with E-state index in [1.807, 2.05) is 36.4 Å². The van der Waals surface area contributed by atoms with Gasteiger partial charge in [-0.15, -0.1) is 23.7 Å². The van der Waals surface area contributed by atoms with Gasteiger partial charge in [0.25, 0.3) is 0 Å². The third-order valence-electron chi connectivity index (χ3n) is 3.84. The van der Waals surface area contributed by atoms with Crippen LogP contribution in [0, 0.1) is 0 Å². The Labute approximate surface area is 155 Å². The first-order valence-corrected chi connectivity index (χ1v) is 8.65. The van der Waals surface area contributed by atoms with Gasteiger partial charge >= 0.3 is 0 Å². The lowest BCUT2D eigenvalue weighted by Crippen LogP contribution is -2.51. The van der Waals surface area contributed by atoms with Gasteiger partial charge in [0.2, 0.25) is 5.91 Å². The van der Waals surface area contributed by atoms with E-state index in [2.05, 4.69) is 15.6 Å². The zero-order chi connectivity index (χ0) is 16.4. The molecule has 3 aromatic rings. The van der Waals surface area contributed by atoms with E-state index in [4.69, 9.17) is 9.15 Å². The quantitative estimate of drug-likeness (QED) is 0.728. The van der Waals surface area contributed by atoms with Crippen LogP contribution in [0.1, 0.15) is 5.76 Å². The predicted octanol–water partition coefficient (Wildman–Crippen LogP) is 2.58. The van der Waals surface area contributed by atoms with Crippen molar-refractivity contribution in [1.82, 2.24) is 15.6 Å².